The zero-order valence-electron chi connectivity index (χ0n) is 8.44. The monoisotopic (exact) mass is 179 g/mol. The van der Waals surface area contributed by atoms with Gasteiger partial charge in [0.2, 0.25) is 0 Å². The molecule has 0 aliphatic rings. The van der Waals surface area contributed by atoms with Crippen LogP contribution in [0.25, 0.3) is 0 Å². The molecular weight excluding hydrogens is 158 g/mol. The minimum atomic E-state index is -1.08. The van der Waals surface area contributed by atoms with E-state index in [0.29, 0.717) is 0 Å². The number of hydrogen-bond donors (Lipinski definition) is 1. The Hall–Kier alpha value is -0.610. The predicted molar refractivity (Wildman–Crippen MR) is 46.9 cm³/mol. The van der Waals surface area contributed by atoms with E-state index in [-0.39, 0.29) is 5.48 Å². The summed E-state index contributed by atoms with van der Waals surface area (Å²) in [5.41, 5.74) is 0. The van der Waals surface area contributed by atoms with Gasteiger partial charge in [-0.25, -0.2) is 0 Å². The number of nitrogens with one attached hydrogen (secondary N) is 1. The summed E-state index contributed by atoms with van der Waals surface area (Å²) >= 11 is 0. The summed E-state index contributed by atoms with van der Waals surface area (Å²) in [5.74, 6) is -1.08. The molecule has 0 aromatic heterocycles. The first kappa shape index (κ1) is 17.5. The van der Waals surface area contributed by atoms with E-state index >= 15 is 0 Å². The van der Waals surface area contributed by atoms with Crippen LogP contribution in [-0.2, 0) is 4.79 Å². The molecule has 0 spiro atoms. The van der Waals surface area contributed by atoms with Gasteiger partial charge in [-0.3, -0.25) is 0 Å². The Morgan fingerprint density at radius 2 is 1.33 bits per heavy atom. The van der Waals surface area contributed by atoms with Crippen LogP contribution in [0.2, 0.25) is 0 Å². The Kier molecular flexibility index (Phi) is 18.9. The molecule has 0 heterocycles. The Morgan fingerprint density at radius 3 is 1.33 bits per heavy atom. The first-order valence-electron chi connectivity index (χ1n) is 4.09. The molecule has 0 rings (SSSR count). The van der Waals surface area contributed by atoms with Gasteiger partial charge in [0.15, 0.2) is 0 Å². The van der Waals surface area contributed by atoms with E-state index in [0.717, 1.165) is 6.92 Å². The number of carboxylic acid groups (broad SMARTS) is 1. The highest BCUT2D eigenvalue weighted by molar-refractivity contribution is 5.60. The molecule has 0 bridgehead atoms. The molecule has 4 heteroatoms. The highest BCUT2D eigenvalue weighted by Crippen LogP contribution is 1.45. The van der Waals surface area contributed by atoms with Gasteiger partial charge in [-0.15, -0.1) is 0 Å². The summed E-state index contributed by atoms with van der Waals surface area (Å²) in [7, 11) is 0. The Labute approximate surface area is 74.5 Å². The summed E-state index contributed by atoms with van der Waals surface area (Å²) in [6.07, 6.45) is 0. The summed E-state index contributed by atoms with van der Waals surface area (Å²) in [6, 6.07) is 0. The van der Waals surface area contributed by atoms with Crippen molar-refractivity contribution in [2.45, 2.75) is 27.7 Å². The van der Waals surface area contributed by atoms with Crippen LogP contribution in [0.5, 0.6) is 0 Å². The first-order chi connectivity index (χ1) is 5.08. The molecule has 0 aromatic rings. The average molecular weight is 179 g/mol. The molecule has 0 aromatic carbocycles. The van der Waals surface area contributed by atoms with E-state index in [9.17, 15) is 0 Å². The number of quaternary nitrogens is 1. The van der Waals surface area contributed by atoms with Crippen molar-refractivity contribution in [3.05, 3.63) is 0 Å². The highest BCUT2D eigenvalue weighted by atomic mass is 16.4. The first-order valence-corrected chi connectivity index (χ1v) is 4.09. The second-order valence-electron chi connectivity index (χ2n) is 2.30. The highest BCUT2D eigenvalue weighted by Gasteiger charge is 1.92. The molecular formula is C8H21NO3. The van der Waals surface area contributed by atoms with Crippen molar-refractivity contribution in [1.29, 1.82) is 0 Å². The third kappa shape index (κ3) is 22.8. The molecule has 0 aliphatic carbocycles. The maximum Gasteiger partial charge on any atom is 0.0742 e. The largest absolute Gasteiger partial charge is 0.550 e. The summed E-state index contributed by atoms with van der Waals surface area (Å²) in [4.78, 5) is 10.6. The van der Waals surface area contributed by atoms with Crippen LogP contribution in [0.4, 0.5) is 0 Å². The number of hydrogen-bond acceptors (Lipinski definition) is 2. The lowest BCUT2D eigenvalue weighted by Crippen LogP contribution is -3.11. The zero-order chi connectivity index (χ0) is 9.28. The normalized spacial score (nSPS) is 8.08. The lowest BCUT2D eigenvalue weighted by molar-refractivity contribution is -0.894. The molecule has 0 radical (unpaired) electrons. The lowest BCUT2D eigenvalue weighted by Gasteiger charge is -2.10. The Balaban J connectivity index is -0.000000142. The van der Waals surface area contributed by atoms with E-state index in [1.807, 2.05) is 0 Å². The molecule has 0 aliphatic heterocycles. The van der Waals surface area contributed by atoms with Gasteiger partial charge in [-0.2, -0.15) is 0 Å². The van der Waals surface area contributed by atoms with Gasteiger partial charge in [0.05, 0.1) is 19.6 Å². The molecule has 0 fully saturated rings. The fourth-order valence-corrected chi connectivity index (χ4v) is 0.750. The molecule has 3 N–H and O–H groups in total. The number of rotatable bonds is 3. The van der Waals surface area contributed by atoms with E-state index in [1.54, 1.807) is 4.90 Å². The maximum atomic E-state index is 8.89. The molecule has 0 saturated heterocycles. The van der Waals surface area contributed by atoms with Crippen LogP contribution < -0.4 is 10.0 Å². The molecule has 12 heavy (non-hydrogen) atoms. The minimum Gasteiger partial charge on any atom is -0.550 e. The summed E-state index contributed by atoms with van der Waals surface area (Å²) in [5, 5.41) is 8.89. The quantitative estimate of drug-likeness (QED) is 0.537. The molecule has 0 atom stereocenters. The van der Waals surface area contributed by atoms with Gasteiger partial charge in [-0.05, 0) is 27.7 Å². The lowest BCUT2D eigenvalue weighted by atomic mass is 10.5. The second kappa shape index (κ2) is 13.0. The third-order valence-electron chi connectivity index (χ3n) is 1.50. The number of carbonyl (C=O) groups excluding carboxylic acids is 1. The molecule has 0 amide bonds. The van der Waals surface area contributed by atoms with Gasteiger partial charge in [-0.1, -0.05) is 0 Å². The Bertz CT molecular complexity index is 82.8. The zero-order valence-corrected chi connectivity index (χ0v) is 8.44. The second-order valence-corrected chi connectivity index (χ2v) is 2.30. The predicted octanol–water partition coefficient (Wildman–Crippen LogP) is -2.14. The van der Waals surface area contributed by atoms with Crippen molar-refractivity contribution >= 4 is 5.97 Å². The van der Waals surface area contributed by atoms with Gasteiger partial charge in [0.25, 0.3) is 0 Å². The maximum absolute atomic E-state index is 8.89. The van der Waals surface area contributed by atoms with E-state index in [4.69, 9.17) is 9.90 Å². The fraction of sp³-hybridized carbons (Fsp3) is 0.875. The van der Waals surface area contributed by atoms with Crippen LogP contribution in [-0.4, -0.2) is 31.1 Å². The van der Waals surface area contributed by atoms with E-state index < -0.39 is 5.97 Å². The van der Waals surface area contributed by atoms with Gasteiger partial charge in [0, 0.05) is 5.97 Å². The van der Waals surface area contributed by atoms with Crippen LogP contribution in [0.3, 0.4) is 0 Å². The number of carboxylic acids is 1. The summed E-state index contributed by atoms with van der Waals surface area (Å²) in [6.45, 7) is 11.5. The van der Waals surface area contributed by atoms with Crippen molar-refractivity contribution < 1.29 is 20.3 Å². The van der Waals surface area contributed by atoms with Crippen LogP contribution in [0.15, 0.2) is 0 Å². The van der Waals surface area contributed by atoms with Gasteiger partial charge >= 0.3 is 0 Å². The van der Waals surface area contributed by atoms with Crippen molar-refractivity contribution in [3.63, 3.8) is 0 Å². The smallest absolute Gasteiger partial charge is 0.0742 e. The average Bonchev–Trinajstić information content (AvgIpc) is 1.90. The summed E-state index contributed by atoms with van der Waals surface area (Å²) < 4.78 is 0. The molecule has 4 nitrogen and oxygen atoms in total. The topological polar surface area (TPSA) is 76.1 Å². The van der Waals surface area contributed by atoms with Crippen molar-refractivity contribution in [3.8, 4) is 0 Å². The molecule has 0 saturated carbocycles. The number of aliphatic carboxylic acids is 1. The van der Waals surface area contributed by atoms with Gasteiger partial charge in [0.1, 0.15) is 0 Å². The van der Waals surface area contributed by atoms with Crippen LogP contribution in [0, 0.1) is 0 Å². The van der Waals surface area contributed by atoms with E-state index in [1.165, 1.54) is 19.6 Å². The Morgan fingerprint density at radius 1 is 1.17 bits per heavy atom. The molecule has 0 unspecified atom stereocenters. The number of carbonyl (C=O) groups is 1. The standard InChI is InChI=1S/C6H15N.C2H4O2.H2O/c1-4-7(5-2)6-3;1-2(3)4;/h4-6H2,1-3H3;1H3,(H,3,4);1H2. The van der Waals surface area contributed by atoms with Crippen molar-refractivity contribution in [1.82, 2.24) is 0 Å². The molecule has 76 valence electrons. The fourth-order valence-electron chi connectivity index (χ4n) is 0.750. The van der Waals surface area contributed by atoms with Crippen LogP contribution in [0.1, 0.15) is 27.7 Å². The van der Waals surface area contributed by atoms with Crippen LogP contribution >= 0.6 is 0 Å². The van der Waals surface area contributed by atoms with Crippen molar-refractivity contribution in [2.24, 2.45) is 0 Å². The van der Waals surface area contributed by atoms with Crippen molar-refractivity contribution in [2.75, 3.05) is 19.6 Å². The SMILES string of the molecule is CC(=O)[O-].CC[NH+](CC)CC.O. The van der Waals surface area contributed by atoms with Gasteiger partial charge < -0.3 is 20.3 Å². The third-order valence-corrected chi connectivity index (χ3v) is 1.50. The minimum absolute atomic E-state index is 0. The van der Waals surface area contributed by atoms with E-state index in [2.05, 4.69) is 20.8 Å².